The van der Waals surface area contributed by atoms with E-state index in [1.807, 2.05) is 13.8 Å². The Balaban J connectivity index is -0.00000000716. The molecular weight excluding hydrogens is 324 g/mol. The van der Waals surface area contributed by atoms with Gasteiger partial charge in [-0.25, -0.2) is 0 Å². The highest BCUT2D eigenvalue weighted by atomic mass is 13.4. The molecule has 0 amide bonds. The maximum Gasteiger partial charge on any atom is 0 e. The first-order valence-corrected chi connectivity index (χ1v) is 5.57. The molecule has 0 radical (unpaired) electrons. The Kier molecular flexibility index (Phi) is 188. The van der Waals surface area contributed by atoms with E-state index >= 15 is 0 Å². The SMILES string of the molecule is C.C.C.C#C.C#CC#CC#C.C#CC#CC#C.C#CC#CC#C.CC#CC.[HH].[HH].[HH].[HH].[HH].[HH].[HH].[HH].[HH].[HH]. The molecule has 0 nitrogen and oxygen atoms in total. The zero-order valence-corrected chi connectivity index (χ0v) is 13.6. The van der Waals surface area contributed by atoms with Crippen molar-refractivity contribution in [3.8, 4) is 134 Å². The lowest BCUT2D eigenvalue weighted by Gasteiger charge is -1.43. The van der Waals surface area contributed by atoms with Crippen molar-refractivity contribution in [2.75, 3.05) is 0 Å². The second-order valence-electron chi connectivity index (χ2n) is 2.12. The molecule has 0 fully saturated rings. The Labute approximate surface area is 185 Å². The largest absolute Gasteiger partial charge is 0.124 e. The van der Waals surface area contributed by atoms with Crippen LogP contribution >= 0.6 is 0 Å². The second kappa shape index (κ2) is 102. The summed E-state index contributed by atoms with van der Waals surface area (Å²) in [6.07, 6.45) is 36.2. The van der Waals surface area contributed by atoms with Crippen molar-refractivity contribution in [1.29, 1.82) is 0 Å². The van der Waals surface area contributed by atoms with Gasteiger partial charge in [-0.2, -0.15) is 0 Å². The van der Waals surface area contributed by atoms with Crippen LogP contribution in [0.3, 0.4) is 0 Å². The summed E-state index contributed by atoms with van der Waals surface area (Å²) in [5.41, 5.74) is 0. The van der Waals surface area contributed by atoms with Gasteiger partial charge in [-0.1, -0.05) is 22.3 Å². The zero-order valence-electron chi connectivity index (χ0n) is 13.6. The van der Waals surface area contributed by atoms with Crippen molar-refractivity contribution in [3.05, 3.63) is 0 Å². The van der Waals surface area contributed by atoms with Gasteiger partial charge >= 0.3 is 0 Å². The molecule has 0 saturated heterocycles. The van der Waals surface area contributed by atoms with Crippen molar-refractivity contribution in [2.24, 2.45) is 0 Å². The van der Waals surface area contributed by atoms with E-state index < -0.39 is 0 Å². The predicted octanol–water partition coefficient (Wildman–Crippen LogP) is 6.42. The molecule has 0 saturated carbocycles. The van der Waals surface area contributed by atoms with Crippen LogP contribution in [0.2, 0.25) is 0 Å². The summed E-state index contributed by atoms with van der Waals surface area (Å²) in [5.74, 6) is 31.2. The van der Waals surface area contributed by atoms with Crippen molar-refractivity contribution < 1.29 is 14.3 Å². The zero-order chi connectivity index (χ0) is 19.9. The fourth-order valence-corrected chi connectivity index (χ4v) is 0.217. The van der Waals surface area contributed by atoms with E-state index in [2.05, 4.69) is 95.7 Å². The minimum absolute atomic E-state index is 0. The van der Waals surface area contributed by atoms with Gasteiger partial charge < -0.3 is 0 Å². The van der Waals surface area contributed by atoms with Crippen LogP contribution in [0.1, 0.15) is 50.4 Å². The van der Waals surface area contributed by atoms with Crippen LogP contribution in [-0.4, -0.2) is 0 Å². The highest BCUT2D eigenvalue weighted by Crippen LogP contribution is 1.44. The maximum atomic E-state index is 4.70. The maximum absolute atomic E-state index is 4.70. The lowest BCUT2D eigenvalue weighted by molar-refractivity contribution is 1.83. The van der Waals surface area contributed by atoms with Crippen molar-refractivity contribution in [1.82, 2.24) is 0 Å². The first kappa shape index (κ1) is 49.5. The Morgan fingerprint density at radius 1 is 0.407 bits per heavy atom. The first-order valence-electron chi connectivity index (χ1n) is 5.57. The van der Waals surface area contributed by atoms with E-state index in [4.69, 9.17) is 38.5 Å². The average Bonchev–Trinajstić information content (AvgIpc) is 2.65. The average molecular weight is 371 g/mol. The fourth-order valence-electron chi connectivity index (χ4n) is 0.217. The van der Waals surface area contributed by atoms with Crippen LogP contribution in [0.4, 0.5) is 0 Å². The molecule has 0 aliphatic rings. The summed E-state index contributed by atoms with van der Waals surface area (Å²) < 4.78 is 0. The number of hydrogen-bond acceptors (Lipinski definition) is 0. The monoisotopic (exact) mass is 370 g/mol. The molecule has 154 valence electrons. The molecule has 0 atom stereocenters. The van der Waals surface area contributed by atoms with Gasteiger partial charge in [0, 0.05) is 14.3 Å². The standard InChI is InChI=1S/3C6H2.C4H6.C2H2.3CH4.10H2/c3*1-3-5-6-4-2;1-3-4-2;1-2;;;;;;;;;;;;;/h3*1-2H;1-2H3;1-2H;3*1H4;10*1H. The van der Waals surface area contributed by atoms with Gasteiger partial charge in [0.15, 0.2) is 0 Å². The highest BCUT2D eigenvalue weighted by molar-refractivity contribution is 5.32. The van der Waals surface area contributed by atoms with Gasteiger partial charge in [-0.05, 0) is 84.9 Å². The van der Waals surface area contributed by atoms with E-state index in [1.165, 1.54) is 0 Å². The third-order valence-electron chi connectivity index (χ3n) is 0.871. The van der Waals surface area contributed by atoms with E-state index in [0.717, 1.165) is 0 Å². The lowest BCUT2D eigenvalue weighted by Crippen LogP contribution is -1.42. The number of terminal acetylenes is 7. The molecule has 0 unspecified atom stereocenters. The lowest BCUT2D eigenvalue weighted by atomic mass is 10.6. The van der Waals surface area contributed by atoms with Gasteiger partial charge in [-0.3, -0.25) is 0 Å². The molecule has 0 rings (SSSR count). The van der Waals surface area contributed by atoms with E-state index in [9.17, 15) is 0 Å². The Hall–Kier alpha value is -4.84. The van der Waals surface area contributed by atoms with Crippen LogP contribution in [0.15, 0.2) is 0 Å². The third-order valence-corrected chi connectivity index (χ3v) is 0.871. The smallest absolute Gasteiger partial charge is 0 e. The minimum Gasteiger partial charge on any atom is -0.124 e. The molecule has 0 aromatic rings. The summed E-state index contributed by atoms with van der Waals surface area (Å²) in [6, 6.07) is 0. The van der Waals surface area contributed by atoms with E-state index in [1.54, 1.807) is 0 Å². The van der Waals surface area contributed by atoms with Crippen molar-refractivity contribution in [3.63, 3.8) is 0 Å². The summed E-state index contributed by atoms with van der Waals surface area (Å²) in [5, 5.41) is 0. The van der Waals surface area contributed by atoms with Crippen LogP contribution in [0, 0.1) is 134 Å². The topological polar surface area (TPSA) is 0 Å². The van der Waals surface area contributed by atoms with Gasteiger partial charge in [0.2, 0.25) is 0 Å². The third kappa shape index (κ3) is 292. The second-order valence-corrected chi connectivity index (χ2v) is 2.12. The van der Waals surface area contributed by atoms with E-state index in [0.29, 0.717) is 0 Å². The minimum atomic E-state index is 0. The molecule has 27 heavy (non-hydrogen) atoms. The number of rotatable bonds is 0. The molecule has 0 spiro atoms. The first-order chi connectivity index (χ1) is 11.7. The van der Waals surface area contributed by atoms with Gasteiger partial charge in [0.25, 0.3) is 0 Å². The number of hydrogen-bond donors (Lipinski definition) is 0. The summed E-state index contributed by atoms with van der Waals surface area (Å²) in [6.45, 7) is 3.64. The van der Waals surface area contributed by atoms with Crippen LogP contribution in [0.25, 0.3) is 0 Å². The Morgan fingerprint density at radius 3 is 0.556 bits per heavy atom. The summed E-state index contributed by atoms with van der Waals surface area (Å²) in [7, 11) is 0. The molecule has 0 N–H and O–H groups in total. The molecule has 0 aromatic heterocycles. The predicted molar refractivity (Wildman–Crippen MR) is 147 cm³/mol. The molecule has 0 heterocycles. The normalized spacial score (nSPS) is 2.59. The molecule has 0 aromatic carbocycles. The summed E-state index contributed by atoms with van der Waals surface area (Å²) >= 11 is 0. The Morgan fingerprint density at radius 2 is 0.519 bits per heavy atom. The molecule has 0 heteroatoms. The van der Waals surface area contributed by atoms with Gasteiger partial charge in [0.1, 0.15) is 0 Å². The van der Waals surface area contributed by atoms with Crippen molar-refractivity contribution in [2.45, 2.75) is 36.1 Å². The van der Waals surface area contributed by atoms with Gasteiger partial charge in [0.05, 0.1) is 0 Å². The molecule has 0 aliphatic carbocycles. The molecule has 0 bridgehead atoms. The van der Waals surface area contributed by atoms with E-state index in [-0.39, 0.29) is 36.5 Å². The van der Waals surface area contributed by atoms with Crippen LogP contribution in [-0.2, 0) is 0 Å². The molecule has 0 aliphatic heterocycles. The van der Waals surface area contributed by atoms with Gasteiger partial charge in [-0.15, -0.1) is 63.2 Å². The quantitative estimate of drug-likeness (QED) is 0.432. The van der Waals surface area contributed by atoms with Crippen LogP contribution in [0.5, 0.6) is 0 Å². The van der Waals surface area contributed by atoms with Crippen molar-refractivity contribution >= 4 is 0 Å². The fraction of sp³-hybridized carbons (Fsp3) is 0.185. The van der Waals surface area contributed by atoms with Crippen LogP contribution < -0.4 is 0 Å². The Bertz CT molecular complexity index is 687. The summed E-state index contributed by atoms with van der Waals surface area (Å²) in [4.78, 5) is 0. The molecular formula is C27H46. The highest BCUT2D eigenvalue weighted by Gasteiger charge is 1.42.